The molecule has 0 saturated carbocycles. The first kappa shape index (κ1) is 21.6. The number of nitrogens with zero attached hydrogens (tertiary/aromatic N) is 1. The molecule has 1 aromatic carbocycles. The SMILES string of the molecule is CSCC(=O)N1CCC(CCC(=O)NCc2cccc(C(F)(F)F)c2)CC1. The predicted molar refractivity (Wildman–Crippen MR) is 100 cm³/mol. The third kappa shape index (κ3) is 7.08. The molecule has 0 unspecified atom stereocenters. The van der Waals surface area contributed by atoms with Crippen LogP contribution in [0.5, 0.6) is 0 Å². The molecule has 0 bridgehead atoms. The Morgan fingerprint density at radius 2 is 1.96 bits per heavy atom. The molecule has 8 heteroatoms. The first-order valence-corrected chi connectivity index (χ1v) is 10.4. The van der Waals surface area contributed by atoms with Crippen LogP contribution in [-0.4, -0.2) is 41.8 Å². The summed E-state index contributed by atoms with van der Waals surface area (Å²) in [6.07, 6.45) is 0.387. The Morgan fingerprint density at radius 3 is 2.59 bits per heavy atom. The van der Waals surface area contributed by atoms with E-state index < -0.39 is 11.7 Å². The zero-order valence-corrected chi connectivity index (χ0v) is 16.2. The topological polar surface area (TPSA) is 49.4 Å². The molecule has 1 aliphatic rings. The van der Waals surface area contributed by atoms with Gasteiger partial charge in [-0.3, -0.25) is 9.59 Å². The number of rotatable bonds is 7. The lowest BCUT2D eigenvalue weighted by atomic mass is 9.92. The summed E-state index contributed by atoms with van der Waals surface area (Å²) in [6.45, 7) is 1.55. The van der Waals surface area contributed by atoms with Crippen LogP contribution >= 0.6 is 11.8 Å². The van der Waals surface area contributed by atoms with Gasteiger partial charge >= 0.3 is 6.18 Å². The van der Waals surface area contributed by atoms with Crippen LogP contribution in [0.4, 0.5) is 13.2 Å². The molecular formula is C19H25F3N2O2S. The van der Waals surface area contributed by atoms with Gasteiger partial charge in [0.1, 0.15) is 0 Å². The summed E-state index contributed by atoms with van der Waals surface area (Å²) in [5.74, 6) is 0.915. The van der Waals surface area contributed by atoms with E-state index in [1.54, 1.807) is 6.07 Å². The maximum Gasteiger partial charge on any atom is 0.416 e. The minimum absolute atomic E-state index is 0.0877. The summed E-state index contributed by atoms with van der Waals surface area (Å²) >= 11 is 1.52. The van der Waals surface area contributed by atoms with Gasteiger partial charge in [-0.2, -0.15) is 24.9 Å². The highest BCUT2D eigenvalue weighted by Gasteiger charge is 2.30. The molecule has 1 aromatic rings. The number of piperidine rings is 1. The summed E-state index contributed by atoms with van der Waals surface area (Å²) in [5.41, 5.74) is -0.282. The lowest BCUT2D eigenvalue weighted by Gasteiger charge is -2.31. The van der Waals surface area contributed by atoms with Gasteiger partial charge < -0.3 is 10.2 Å². The number of likely N-dealkylation sites (tertiary alicyclic amines) is 1. The Labute approximate surface area is 161 Å². The highest BCUT2D eigenvalue weighted by Crippen LogP contribution is 2.29. The van der Waals surface area contributed by atoms with Gasteiger partial charge in [0.15, 0.2) is 0 Å². The van der Waals surface area contributed by atoms with Crippen molar-refractivity contribution in [2.45, 2.75) is 38.4 Å². The zero-order chi connectivity index (χ0) is 19.9. The number of carbonyl (C=O) groups excluding carboxylic acids is 2. The molecule has 150 valence electrons. The molecule has 1 fully saturated rings. The molecule has 1 N–H and O–H groups in total. The highest BCUT2D eigenvalue weighted by atomic mass is 32.2. The second-order valence-corrected chi connectivity index (χ2v) is 7.64. The normalized spacial score (nSPS) is 15.6. The number of halogens is 3. The molecule has 4 nitrogen and oxygen atoms in total. The Bertz CT molecular complexity index is 644. The summed E-state index contributed by atoms with van der Waals surface area (Å²) < 4.78 is 38.1. The lowest BCUT2D eigenvalue weighted by Crippen LogP contribution is -2.39. The van der Waals surface area contributed by atoms with Crippen molar-refractivity contribution in [3.05, 3.63) is 35.4 Å². The molecule has 0 radical (unpaired) electrons. The number of amides is 2. The van der Waals surface area contributed by atoms with Crippen LogP contribution < -0.4 is 5.32 Å². The minimum atomic E-state index is -4.38. The van der Waals surface area contributed by atoms with Crippen molar-refractivity contribution in [2.24, 2.45) is 5.92 Å². The average Bonchev–Trinajstić information content (AvgIpc) is 2.65. The molecule has 2 rings (SSSR count). The van der Waals surface area contributed by atoms with E-state index in [0.717, 1.165) is 44.5 Å². The zero-order valence-electron chi connectivity index (χ0n) is 15.3. The molecule has 0 aliphatic carbocycles. The monoisotopic (exact) mass is 402 g/mol. The third-order valence-corrected chi connectivity index (χ3v) is 5.29. The largest absolute Gasteiger partial charge is 0.416 e. The quantitative estimate of drug-likeness (QED) is 0.757. The molecule has 1 aliphatic heterocycles. The van der Waals surface area contributed by atoms with Gasteiger partial charge in [0.2, 0.25) is 11.8 Å². The Hall–Kier alpha value is -1.70. The van der Waals surface area contributed by atoms with E-state index in [0.29, 0.717) is 23.7 Å². The van der Waals surface area contributed by atoms with Crippen LogP contribution in [0.3, 0.4) is 0 Å². The molecule has 27 heavy (non-hydrogen) atoms. The van der Waals surface area contributed by atoms with E-state index in [1.165, 1.54) is 17.8 Å². The fraction of sp³-hybridized carbons (Fsp3) is 0.579. The van der Waals surface area contributed by atoms with Crippen LogP contribution in [0.15, 0.2) is 24.3 Å². The Balaban J connectivity index is 1.69. The van der Waals surface area contributed by atoms with Crippen LogP contribution in [0.1, 0.15) is 36.8 Å². The van der Waals surface area contributed by atoms with E-state index in [1.807, 2.05) is 11.2 Å². The van der Waals surface area contributed by atoms with E-state index in [2.05, 4.69) is 5.32 Å². The second-order valence-electron chi connectivity index (χ2n) is 6.77. The third-order valence-electron chi connectivity index (χ3n) is 4.76. The fourth-order valence-electron chi connectivity index (χ4n) is 3.17. The van der Waals surface area contributed by atoms with Crippen molar-refractivity contribution in [1.29, 1.82) is 0 Å². The maximum absolute atomic E-state index is 12.7. The molecule has 1 saturated heterocycles. The molecule has 0 spiro atoms. The molecule has 1 heterocycles. The number of alkyl halides is 3. The first-order valence-electron chi connectivity index (χ1n) is 8.99. The maximum atomic E-state index is 12.7. The van der Waals surface area contributed by atoms with Crippen LogP contribution in [0, 0.1) is 5.92 Å². The van der Waals surface area contributed by atoms with Crippen molar-refractivity contribution < 1.29 is 22.8 Å². The van der Waals surface area contributed by atoms with Crippen LogP contribution in [-0.2, 0) is 22.3 Å². The van der Waals surface area contributed by atoms with Gasteiger partial charge in [0.25, 0.3) is 0 Å². The van der Waals surface area contributed by atoms with E-state index >= 15 is 0 Å². The minimum Gasteiger partial charge on any atom is -0.352 e. The first-order chi connectivity index (χ1) is 12.8. The van der Waals surface area contributed by atoms with Gasteiger partial charge in [-0.15, -0.1) is 0 Å². The molecule has 0 atom stereocenters. The standard InChI is InChI=1S/C19H25F3N2O2S/c1-27-13-18(26)24-9-7-14(8-10-24)5-6-17(25)23-12-15-3-2-4-16(11-15)19(20,21)22/h2-4,11,14H,5-10,12-13H2,1H3,(H,23,25). The number of hydrogen-bond donors (Lipinski definition) is 1. The molecule has 2 amide bonds. The highest BCUT2D eigenvalue weighted by molar-refractivity contribution is 7.99. The number of benzene rings is 1. The summed E-state index contributed by atoms with van der Waals surface area (Å²) in [4.78, 5) is 25.7. The number of thioether (sulfide) groups is 1. The van der Waals surface area contributed by atoms with Gasteiger partial charge in [0.05, 0.1) is 11.3 Å². The van der Waals surface area contributed by atoms with E-state index in [9.17, 15) is 22.8 Å². The summed E-state index contributed by atoms with van der Waals surface area (Å²) in [5, 5.41) is 2.69. The van der Waals surface area contributed by atoms with Gasteiger partial charge in [-0.05, 0) is 49.1 Å². The van der Waals surface area contributed by atoms with Crippen molar-refractivity contribution in [3.8, 4) is 0 Å². The Kier molecular flexibility index (Phi) is 8.01. The lowest BCUT2D eigenvalue weighted by molar-refractivity contribution is -0.137. The van der Waals surface area contributed by atoms with Crippen molar-refractivity contribution >= 4 is 23.6 Å². The predicted octanol–water partition coefficient (Wildman–Crippen LogP) is 3.70. The molecule has 0 aromatic heterocycles. The summed E-state index contributed by atoms with van der Waals surface area (Å²) in [7, 11) is 0. The van der Waals surface area contributed by atoms with Crippen molar-refractivity contribution in [2.75, 3.05) is 25.1 Å². The van der Waals surface area contributed by atoms with Crippen molar-refractivity contribution in [1.82, 2.24) is 10.2 Å². The smallest absolute Gasteiger partial charge is 0.352 e. The van der Waals surface area contributed by atoms with Gasteiger partial charge in [0, 0.05) is 26.1 Å². The van der Waals surface area contributed by atoms with E-state index in [-0.39, 0.29) is 18.4 Å². The summed E-state index contributed by atoms with van der Waals surface area (Å²) in [6, 6.07) is 4.98. The number of carbonyl (C=O) groups is 2. The van der Waals surface area contributed by atoms with Crippen LogP contribution in [0.25, 0.3) is 0 Å². The van der Waals surface area contributed by atoms with Gasteiger partial charge in [-0.25, -0.2) is 0 Å². The number of nitrogens with one attached hydrogen (secondary N) is 1. The fourth-order valence-corrected chi connectivity index (χ4v) is 3.60. The van der Waals surface area contributed by atoms with Gasteiger partial charge in [-0.1, -0.05) is 12.1 Å². The number of hydrogen-bond acceptors (Lipinski definition) is 3. The molecular weight excluding hydrogens is 377 g/mol. The van der Waals surface area contributed by atoms with Crippen molar-refractivity contribution in [3.63, 3.8) is 0 Å². The average molecular weight is 402 g/mol. The van der Waals surface area contributed by atoms with Crippen LogP contribution in [0.2, 0.25) is 0 Å². The Morgan fingerprint density at radius 1 is 1.26 bits per heavy atom. The second kappa shape index (κ2) is 10.0. The van der Waals surface area contributed by atoms with E-state index in [4.69, 9.17) is 0 Å².